The van der Waals surface area contributed by atoms with E-state index < -0.39 is 5.91 Å². The smallest absolute Gasteiger partial charge is 0.261 e. The summed E-state index contributed by atoms with van der Waals surface area (Å²) in [5.41, 5.74) is 1.32. The lowest BCUT2D eigenvalue weighted by Crippen LogP contribution is -2.07. The molecule has 0 aliphatic rings. The van der Waals surface area contributed by atoms with Crippen molar-refractivity contribution in [3.63, 3.8) is 0 Å². The van der Waals surface area contributed by atoms with Gasteiger partial charge in [-0.15, -0.1) is 4.91 Å². The van der Waals surface area contributed by atoms with E-state index in [2.05, 4.69) is 15.3 Å². The second kappa shape index (κ2) is 2.99. The fourth-order valence-corrected chi connectivity index (χ4v) is 1.28. The van der Waals surface area contributed by atoms with Gasteiger partial charge in [-0.3, -0.25) is 4.79 Å². The van der Waals surface area contributed by atoms with Gasteiger partial charge in [0, 0.05) is 5.18 Å². The SMILES string of the molecule is Cc1ccc2ncnn2c1C(=O)N=O. The lowest BCUT2D eigenvalue weighted by atomic mass is 10.2. The van der Waals surface area contributed by atoms with Gasteiger partial charge in [-0.25, -0.2) is 9.50 Å². The van der Waals surface area contributed by atoms with Crippen LogP contribution in [0.2, 0.25) is 0 Å². The molecule has 0 fully saturated rings. The van der Waals surface area contributed by atoms with Crippen LogP contribution >= 0.6 is 0 Å². The minimum Gasteiger partial charge on any atom is -0.261 e. The van der Waals surface area contributed by atoms with E-state index in [4.69, 9.17) is 0 Å². The van der Waals surface area contributed by atoms with Crippen LogP contribution in [0.3, 0.4) is 0 Å². The van der Waals surface area contributed by atoms with Crippen LogP contribution in [0.25, 0.3) is 5.65 Å². The molecule has 6 heteroatoms. The number of pyridine rings is 1. The van der Waals surface area contributed by atoms with Gasteiger partial charge in [0.2, 0.25) is 0 Å². The first-order valence-corrected chi connectivity index (χ1v) is 3.91. The van der Waals surface area contributed by atoms with E-state index in [9.17, 15) is 9.70 Å². The largest absolute Gasteiger partial charge is 0.335 e. The van der Waals surface area contributed by atoms with Crippen LogP contribution in [-0.2, 0) is 0 Å². The summed E-state index contributed by atoms with van der Waals surface area (Å²) >= 11 is 0. The van der Waals surface area contributed by atoms with Crippen LogP contribution in [0.1, 0.15) is 16.1 Å². The Bertz CT molecular complexity index is 517. The number of hydrogen-bond acceptors (Lipinski definition) is 4. The minimum absolute atomic E-state index is 0.162. The summed E-state index contributed by atoms with van der Waals surface area (Å²) in [5, 5.41) is 6.21. The van der Waals surface area contributed by atoms with Crippen LogP contribution in [0.4, 0.5) is 0 Å². The lowest BCUT2D eigenvalue weighted by molar-refractivity contribution is 0.0993. The number of hydrogen-bond donors (Lipinski definition) is 0. The van der Waals surface area contributed by atoms with Gasteiger partial charge in [-0.05, 0) is 18.6 Å². The standard InChI is InChI=1S/C8H6N4O2/c1-5-2-3-6-9-4-10-12(6)7(5)8(13)11-14/h2-4H,1H3. The highest BCUT2D eigenvalue weighted by atomic mass is 16.3. The van der Waals surface area contributed by atoms with Crippen LogP contribution in [-0.4, -0.2) is 20.5 Å². The third-order valence-corrected chi connectivity index (χ3v) is 1.93. The van der Waals surface area contributed by atoms with Crippen molar-refractivity contribution in [3.05, 3.63) is 34.6 Å². The molecule has 2 aromatic heterocycles. The molecular weight excluding hydrogens is 184 g/mol. The van der Waals surface area contributed by atoms with E-state index in [1.165, 1.54) is 10.8 Å². The third-order valence-electron chi connectivity index (χ3n) is 1.93. The molecule has 0 aromatic carbocycles. The van der Waals surface area contributed by atoms with Crippen molar-refractivity contribution >= 4 is 11.6 Å². The molecule has 0 radical (unpaired) electrons. The van der Waals surface area contributed by atoms with Gasteiger partial charge < -0.3 is 0 Å². The summed E-state index contributed by atoms with van der Waals surface area (Å²) in [6.45, 7) is 1.71. The zero-order chi connectivity index (χ0) is 10.1. The number of fused-ring (bicyclic) bond motifs is 1. The number of nitrogens with zero attached hydrogens (tertiary/aromatic N) is 4. The van der Waals surface area contributed by atoms with Crippen molar-refractivity contribution in [2.24, 2.45) is 5.18 Å². The third kappa shape index (κ3) is 1.08. The quantitative estimate of drug-likeness (QED) is 0.627. The normalized spacial score (nSPS) is 10.4. The molecule has 0 saturated carbocycles. The van der Waals surface area contributed by atoms with Crippen molar-refractivity contribution in [1.82, 2.24) is 14.6 Å². The van der Waals surface area contributed by atoms with Crippen LogP contribution in [0.15, 0.2) is 23.6 Å². The maximum absolute atomic E-state index is 11.2. The number of aromatic nitrogens is 3. The fraction of sp³-hybridized carbons (Fsp3) is 0.125. The molecule has 1 amide bonds. The predicted molar refractivity (Wildman–Crippen MR) is 47.8 cm³/mol. The molecule has 14 heavy (non-hydrogen) atoms. The average Bonchev–Trinajstić information content (AvgIpc) is 2.64. The van der Waals surface area contributed by atoms with Gasteiger partial charge in [0.05, 0.1) is 0 Å². The number of amides is 1. The number of rotatable bonds is 1. The highest BCUT2D eigenvalue weighted by Gasteiger charge is 2.14. The van der Waals surface area contributed by atoms with Gasteiger partial charge in [-0.1, -0.05) is 6.07 Å². The molecule has 2 heterocycles. The number of nitroso groups, excluding NO2 is 1. The first-order chi connectivity index (χ1) is 6.74. The summed E-state index contributed by atoms with van der Waals surface area (Å²) in [7, 11) is 0. The van der Waals surface area contributed by atoms with Crippen LogP contribution in [0.5, 0.6) is 0 Å². The molecule has 0 aliphatic carbocycles. The van der Waals surface area contributed by atoms with Gasteiger partial charge in [-0.2, -0.15) is 5.10 Å². The highest BCUT2D eigenvalue weighted by Crippen LogP contribution is 2.10. The topological polar surface area (TPSA) is 76.7 Å². The lowest BCUT2D eigenvalue weighted by Gasteiger charge is -2.01. The Labute approximate surface area is 78.5 Å². The Morgan fingerprint density at radius 1 is 1.50 bits per heavy atom. The summed E-state index contributed by atoms with van der Waals surface area (Å²) in [5.74, 6) is -0.835. The highest BCUT2D eigenvalue weighted by molar-refractivity contribution is 5.95. The Kier molecular flexibility index (Phi) is 1.81. The molecule has 0 atom stereocenters. The van der Waals surface area contributed by atoms with Crippen molar-refractivity contribution in [3.8, 4) is 0 Å². The Morgan fingerprint density at radius 3 is 3.00 bits per heavy atom. The Morgan fingerprint density at radius 2 is 2.29 bits per heavy atom. The number of carbonyl (C=O) groups is 1. The molecule has 6 nitrogen and oxygen atoms in total. The van der Waals surface area contributed by atoms with Gasteiger partial charge in [0.15, 0.2) is 5.65 Å². The van der Waals surface area contributed by atoms with Gasteiger partial charge in [0.25, 0.3) is 0 Å². The molecule has 0 N–H and O–H groups in total. The summed E-state index contributed by atoms with van der Waals surface area (Å²) in [6, 6.07) is 3.41. The molecule has 0 spiro atoms. The molecule has 2 rings (SSSR count). The van der Waals surface area contributed by atoms with Gasteiger partial charge >= 0.3 is 5.91 Å². The maximum Gasteiger partial charge on any atom is 0.335 e. The van der Waals surface area contributed by atoms with E-state index in [1.807, 2.05) is 0 Å². The van der Waals surface area contributed by atoms with E-state index in [0.29, 0.717) is 11.2 Å². The van der Waals surface area contributed by atoms with Crippen molar-refractivity contribution < 1.29 is 4.79 Å². The average molecular weight is 190 g/mol. The van der Waals surface area contributed by atoms with Crippen molar-refractivity contribution in [1.29, 1.82) is 0 Å². The zero-order valence-electron chi connectivity index (χ0n) is 7.34. The fourth-order valence-electron chi connectivity index (χ4n) is 1.28. The summed E-state index contributed by atoms with van der Waals surface area (Å²) < 4.78 is 1.30. The number of carbonyl (C=O) groups excluding carboxylic acids is 1. The van der Waals surface area contributed by atoms with Gasteiger partial charge in [0.1, 0.15) is 12.0 Å². The predicted octanol–water partition coefficient (Wildman–Crippen LogP) is 0.944. The van der Waals surface area contributed by atoms with Crippen molar-refractivity contribution in [2.75, 3.05) is 0 Å². The number of aryl methyl sites for hydroxylation is 1. The Balaban J connectivity index is 2.82. The molecular formula is C8H6N4O2. The Hall–Kier alpha value is -2.11. The second-order valence-electron chi connectivity index (χ2n) is 2.79. The molecule has 0 saturated heterocycles. The summed E-state index contributed by atoms with van der Waals surface area (Å²) in [6.07, 6.45) is 1.32. The summed E-state index contributed by atoms with van der Waals surface area (Å²) in [4.78, 5) is 25.2. The molecule has 0 bridgehead atoms. The van der Waals surface area contributed by atoms with E-state index in [0.717, 1.165) is 0 Å². The second-order valence-corrected chi connectivity index (χ2v) is 2.79. The molecule has 0 aliphatic heterocycles. The zero-order valence-corrected chi connectivity index (χ0v) is 7.34. The first-order valence-electron chi connectivity index (χ1n) is 3.91. The first kappa shape index (κ1) is 8.49. The van der Waals surface area contributed by atoms with Crippen LogP contribution in [0, 0.1) is 11.8 Å². The monoisotopic (exact) mass is 190 g/mol. The molecule has 0 unspecified atom stereocenters. The van der Waals surface area contributed by atoms with Crippen molar-refractivity contribution in [2.45, 2.75) is 6.92 Å². The van der Waals surface area contributed by atoms with E-state index in [-0.39, 0.29) is 5.69 Å². The minimum atomic E-state index is -0.835. The maximum atomic E-state index is 11.2. The van der Waals surface area contributed by atoms with E-state index in [1.54, 1.807) is 19.1 Å². The molecule has 2 aromatic rings. The van der Waals surface area contributed by atoms with Crippen LogP contribution < -0.4 is 0 Å². The van der Waals surface area contributed by atoms with E-state index >= 15 is 0 Å². The molecule has 70 valence electrons.